The molecule has 102 heavy (non-hydrogen) atoms. The molecular weight excluding hydrogens is 1330 g/mol. The molecule has 0 saturated carbocycles. The standard InChI is InChI=1S/C83H138O17P2/c1-5-9-13-17-21-25-29-33-36-37-38-39-42-45-48-52-56-60-64-68-81(86)94-74-79(100-83(88)70-66-62-58-54-50-46-41-35-31-27-23-19-15-11-7-3)76-98-102(91,92)96-72-77(84)71-95-101(89,90)97-75-78(99-82(87)69-65-61-57-53-49-43-32-28-24-20-16-12-8-4)73-93-80(85)67-63-59-55-51-47-44-40-34-30-26-22-18-14-10-6-2/h9-11,13-15,21-23,25-28,32-36,38-41,45,48,77-79,84H,5-8,12,16-20,24,29-31,37,42-44,46-47,49-76H2,1-4H3,(H,89,90)(H,91,92)/b13-9-,14-10-,15-11-,25-21-,26-22-,27-23-,32-28-,36-33-,39-38-,40-34-,41-35-,48-45-. The SMILES string of the molecule is CC/C=C\C/C=C\C/C=C\C/C=C\C/C=C\CCCCCC(=O)OCC(COP(=O)(O)OCC(O)COP(=O)(O)OCC(COC(=O)CCCCCCC/C=C\C/C=C\C/C=C\CC)OC(=O)CCCCCCC/C=C\CCCCCC)OC(=O)CCCCCCC/C=C\C/C=C\C/C=C\CC. The highest BCUT2D eigenvalue weighted by Crippen LogP contribution is 2.45. The molecule has 5 atom stereocenters. The van der Waals surface area contributed by atoms with E-state index in [1.807, 2.05) is 0 Å². The van der Waals surface area contributed by atoms with Gasteiger partial charge in [-0.15, -0.1) is 0 Å². The fourth-order valence-corrected chi connectivity index (χ4v) is 11.5. The molecule has 5 unspecified atom stereocenters. The zero-order chi connectivity index (χ0) is 74.6. The van der Waals surface area contributed by atoms with Crippen LogP contribution in [0.3, 0.4) is 0 Å². The zero-order valence-electron chi connectivity index (χ0n) is 63.5. The van der Waals surface area contributed by atoms with Crippen LogP contribution in [0.2, 0.25) is 0 Å². The molecule has 0 aromatic carbocycles. The smallest absolute Gasteiger partial charge is 0.462 e. The Morgan fingerprint density at radius 2 is 0.510 bits per heavy atom. The first-order chi connectivity index (χ1) is 49.7. The van der Waals surface area contributed by atoms with Crippen molar-refractivity contribution in [1.82, 2.24) is 0 Å². The molecular formula is C83H138O17P2. The van der Waals surface area contributed by atoms with E-state index in [2.05, 4.69) is 174 Å². The number of ether oxygens (including phenoxy) is 4. The fraction of sp³-hybridized carbons (Fsp3) is 0.663. The molecule has 0 aliphatic carbocycles. The topological polar surface area (TPSA) is 237 Å². The lowest BCUT2D eigenvalue weighted by Crippen LogP contribution is -2.30. The first-order valence-corrected chi connectivity index (χ1v) is 42.1. The third-order valence-corrected chi connectivity index (χ3v) is 17.7. The molecule has 0 aliphatic heterocycles. The summed E-state index contributed by atoms with van der Waals surface area (Å²) in [5, 5.41) is 10.6. The van der Waals surface area contributed by atoms with Crippen molar-refractivity contribution in [3.05, 3.63) is 146 Å². The molecule has 0 heterocycles. The van der Waals surface area contributed by atoms with Crippen molar-refractivity contribution in [3.8, 4) is 0 Å². The Kier molecular flexibility index (Phi) is 70.5. The Balaban J connectivity index is 5.42. The summed E-state index contributed by atoms with van der Waals surface area (Å²) in [4.78, 5) is 72.9. The van der Waals surface area contributed by atoms with Gasteiger partial charge in [0.2, 0.25) is 0 Å². The second-order valence-electron chi connectivity index (χ2n) is 25.5. The fourth-order valence-electron chi connectivity index (χ4n) is 9.92. The Bertz CT molecular complexity index is 2510. The Labute approximate surface area is 617 Å². The molecule has 0 fully saturated rings. The summed E-state index contributed by atoms with van der Waals surface area (Å²) < 4.78 is 68.5. The van der Waals surface area contributed by atoms with E-state index in [1.54, 1.807) is 0 Å². The monoisotopic (exact) mass is 1470 g/mol. The minimum Gasteiger partial charge on any atom is -0.462 e. The van der Waals surface area contributed by atoms with Crippen LogP contribution >= 0.6 is 15.6 Å². The van der Waals surface area contributed by atoms with E-state index in [9.17, 15) is 43.2 Å². The number of unbranched alkanes of at least 4 members (excludes halogenated alkanes) is 22. The van der Waals surface area contributed by atoms with Crippen molar-refractivity contribution < 1.29 is 80.2 Å². The van der Waals surface area contributed by atoms with Gasteiger partial charge < -0.3 is 33.8 Å². The highest BCUT2D eigenvalue weighted by Gasteiger charge is 2.30. The molecule has 0 saturated heterocycles. The number of aliphatic hydroxyl groups is 1. The molecule has 19 heteroatoms. The van der Waals surface area contributed by atoms with Gasteiger partial charge in [0.1, 0.15) is 19.3 Å². The molecule has 17 nitrogen and oxygen atoms in total. The van der Waals surface area contributed by atoms with Gasteiger partial charge in [-0.1, -0.05) is 257 Å². The molecule has 0 rings (SSSR count). The minimum atomic E-state index is -4.99. The largest absolute Gasteiger partial charge is 0.472 e. The average Bonchev–Trinajstić information content (AvgIpc) is 0.924. The predicted octanol–water partition coefficient (Wildman–Crippen LogP) is 22.7. The summed E-state index contributed by atoms with van der Waals surface area (Å²) in [5.74, 6) is -2.26. The van der Waals surface area contributed by atoms with E-state index in [0.717, 1.165) is 193 Å². The van der Waals surface area contributed by atoms with Crippen LogP contribution < -0.4 is 0 Å². The normalized spacial score (nSPS) is 14.7. The number of phosphoric ester groups is 2. The van der Waals surface area contributed by atoms with Crippen LogP contribution in [0.5, 0.6) is 0 Å². The van der Waals surface area contributed by atoms with Crippen molar-refractivity contribution in [2.45, 2.75) is 316 Å². The molecule has 582 valence electrons. The van der Waals surface area contributed by atoms with Crippen LogP contribution in [0.1, 0.15) is 297 Å². The number of carbonyl (C=O) groups excluding carboxylic acids is 4. The van der Waals surface area contributed by atoms with E-state index in [4.69, 9.17) is 37.0 Å². The van der Waals surface area contributed by atoms with Gasteiger partial charge in [-0.05, 0) is 161 Å². The number of aliphatic hydroxyl groups excluding tert-OH is 1. The summed E-state index contributed by atoms with van der Waals surface area (Å²) in [6.45, 7) is 4.43. The molecule has 0 amide bonds. The molecule has 3 N–H and O–H groups in total. The van der Waals surface area contributed by atoms with Crippen LogP contribution in [0.25, 0.3) is 0 Å². The van der Waals surface area contributed by atoms with Gasteiger partial charge in [-0.2, -0.15) is 0 Å². The summed E-state index contributed by atoms with van der Waals surface area (Å²) in [6, 6.07) is 0. The molecule has 0 spiro atoms. The molecule has 0 aromatic heterocycles. The number of hydrogen-bond acceptors (Lipinski definition) is 15. The maximum absolute atomic E-state index is 13.1. The van der Waals surface area contributed by atoms with Gasteiger partial charge in [0, 0.05) is 25.7 Å². The van der Waals surface area contributed by atoms with Crippen LogP contribution in [0, 0.1) is 0 Å². The summed E-state index contributed by atoms with van der Waals surface area (Å²) >= 11 is 0. The first kappa shape index (κ1) is 96.9. The lowest BCUT2D eigenvalue weighted by molar-refractivity contribution is -0.161. The van der Waals surface area contributed by atoms with Crippen molar-refractivity contribution in [3.63, 3.8) is 0 Å². The van der Waals surface area contributed by atoms with Crippen molar-refractivity contribution in [1.29, 1.82) is 0 Å². The van der Waals surface area contributed by atoms with Crippen LogP contribution in [0.15, 0.2) is 146 Å². The van der Waals surface area contributed by atoms with Gasteiger partial charge >= 0.3 is 39.5 Å². The Hall–Kier alpha value is -5.06. The van der Waals surface area contributed by atoms with Gasteiger partial charge in [-0.25, -0.2) is 9.13 Å². The zero-order valence-corrected chi connectivity index (χ0v) is 65.3. The lowest BCUT2D eigenvalue weighted by Gasteiger charge is -2.21. The number of hydrogen-bond donors (Lipinski definition) is 3. The summed E-state index contributed by atoms with van der Waals surface area (Å²) in [6.07, 6.45) is 84.0. The molecule has 0 bridgehead atoms. The minimum absolute atomic E-state index is 0.0631. The average molecular weight is 1470 g/mol. The van der Waals surface area contributed by atoms with Crippen LogP contribution in [-0.2, 0) is 65.4 Å². The van der Waals surface area contributed by atoms with Crippen molar-refractivity contribution in [2.24, 2.45) is 0 Å². The predicted molar refractivity (Wildman–Crippen MR) is 417 cm³/mol. The maximum atomic E-state index is 13.1. The lowest BCUT2D eigenvalue weighted by atomic mass is 10.1. The first-order valence-electron chi connectivity index (χ1n) is 39.1. The van der Waals surface area contributed by atoms with Gasteiger partial charge in [-0.3, -0.25) is 37.3 Å². The van der Waals surface area contributed by atoms with Gasteiger partial charge in [0.15, 0.2) is 12.2 Å². The number of carbonyl (C=O) groups is 4. The highest BCUT2D eigenvalue weighted by molar-refractivity contribution is 7.47. The van der Waals surface area contributed by atoms with Crippen LogP contribution in [-0.4, -0.2) is 96.7 Å². The third kappa shape index (κ3) is 73.3. The summed E-state index contributed by atoms with van der Waals surface area (Å²) in [7, 11) is -9.98. The Morgan fingerprint density at radius 3 is 0.804 bits per heavy atom. The van der Waals surface area contributed by atoms with E-state index in [1.165, 1.54) is 25.7 Å². The van der Waals surface area contributed by atoms with E-state index in [-0.39, 0.29) is 25.7 Å². The Morgan fingerprint density at radius 1 is 0.284 bits per heavy atom. The number of phosphoric acid groups is 2. The van der Waals surface area contributed by atoms with Crippen molar-refractivity contribution >= 4 is 39.5 Å². The summed E-state index contributed by atoms with van der Waals surface area (Å²) in [5.41, 5.74) is 0. The number of allylic oxidation sites excluding steroid dienone is 24. The molecule has 0 aliphatic rings. The highest BCUT2D eigenvalue weighted by atomic mass is 31.2. The van der Waals surface area contributed by atoms with E-state index < -0.39 is 97.5 Å². The molecule has 0 aromatic rings. The van der Waals surface area contributed by atoms with Gasteiger partial charge in [0.25, 0.3) is 0 Å². The van der Waals surface area contributed by atoms with E-state index >= 15 is 0 Å². The molecule has 0 radical (unpaired) electrons. The third-order valence-electron chi connectivity index (χ3n) is 15.8. The van der Waals surface area contributed by atoms with Crippen molar-refractivity contribution in [2.75, 3.05) is 39.6 Å². The maximum Gasteiger partial charge on any atom is 0.472 e. The van der Waals surface area contributed by atoms with E-state index in [0.29, 0.717) is 25.7 Å². The van der Waals surface area contributed by atoms with Gasteiger partial charge in [0.05, 0.1) is 26.4 Å². The van der Waals surface area contributed by atoms with Crippen LogP contribution in [0.4, 0.5) is 0 Å². The number of rotatable bonds is 72. The quantitative estimate of drug-likeness (QED) is 0.0169. The number of esters is 4. The second kappa shape index (κ2) is 74.2. The second-order valence-corrected chi connectivity index (χ2v) is 28.4.